The van der Waals surface area contributed by atoms with Crippen molar-refractivity contribution in [3.63, 3.8) is 0 Å². The number of halogens is 1. The Morgan fingerprint density at radius 3 is 2.47 bits per heavy atom. The minimum Gasteiger partial charge on any atom is -0.399 e. The molecular formula is C13H16BFN2O2. The van der Waals surface area contributed by atoms with Gasteiger partial charge in [-0.1, -0.05) is 0 Å². The van der Waals surface area contributed by atoms with E-state index in [4.69, 9.17) is 9.31 Å². The summed E-state index contributed by atoms with van der Waals surface area (Å²) in [7, 11) is -0.564. The summed E-state index contributed by atoms with van der Waals surface area (Å²) in [6.07, 6.45) is 5.05. The van der Waals surface area contributed by atoms with Crippen LogP contribution in [0.15, 0.2) is 24.7 Å². The van der Waals surface area contributed by atoms with Crippen LogP contribution in [0.5, 0.6) is 0 Å². The molecule has 0 aromatic carbocycles. The largest absolute Gasteiger partial charge is 0.496 e. The smallest absolute Gasteiger partial charge is 0.399 e. The van der Waals surface area contributed by atoms with Crippen molar-refractivity contribution in [3.8, 4) is 0 Å². The minimum absolute atomic E-state index is 0.306. The van der Waals surface area contributed by atoms with Crippen molar-refractivity contribution in [1.82, 2.24) is 9.38 Å². The summed E-state index contributed by atoms with van der Waals surface area (Å²) < 4.78 is 27.4. The molecule has 1 saturated heterocycles. The summed E-state index contributed by atoms with van der Waals surface area (Å²) >= 11 is 0. The number of pyridine rings is 1. The van der Waals surface area contributed by atoms with Crippen LogP contribution in [0.3, 0.4) is 0 Å². The van der Waals surface area contributed by atoms with Gasteiger partial charge in [-0.25, -0.2) is 9.37 Å². The standard InChI is InChI=1S/C13H16BFN2O2/c1-12(2)13(3,4)19-14(18-12)9-7-10(15)11-16-5-6-17(11)8-9/h5-8H,1-4H3. The molecule has 2 aromatic heterocycles. The average Bonchev–Trinajstić information content (AvgIpc) is 2.82. The molecule has 0 N–H and O–H groups in total. The van der Waals surface area contributed by atoms with Gasteiger partial charge in [-0.05, 0) is 33.8 Å². The highest BCUT2D eigenvalue weighted by Crippen LogP contribution is 2.36. The van der Waals surface area contributed by atoms with Gasteiger partial charge in [0.25, 0.3) is 0 Å². The third kappa shape index (κ3) is 1.86. The van der Waals surface area contributed by atoms with Crippen molar-refractivity contribution >= 4 is 18.2 Å². The molecule has 0 unspecified atom stereocenters. The molecule has 6 heteroatoms. The van der Waals surface area contributed by atoms with Crippen LogP contribution in [0, 0.1) is 5.82 Å². The normalized spacial score (nSPS) is 21.2. The third-order valence-electron chi connectivity index (χ3n) is 3.99. The highest BCUT2D eigenvalue weighted by Gasteiger charge is 2.51. The Balaban J connectivity index is 2.02. The van der Waals surface area contributed by atoms with Gasteiger partial charge in [-0.3, -0.25) is 0 Å². The van der Waals surface area contributed by atoms with E-state index in [0.29, 0.717) is 11.1 Å². The van der Waals surface area contributed by atoms with E-state index in [1.165, 1.54) is 6.07 Å². The molecule has 0 radical (unpaired) electrons. The maximum atomic E-state index is 13.9. The van der Waals surface area contributed by atoms with Gasteiger partial charge in [0, 0.05) is 24.1 Å². The van der Waals surface area contributed by atoms with Gasteiger partial charge < -0.3 is 13.7 Å². The van der Waals surface area contributed by atoms with Gasteiger partial charge in [0.15, 0.2) is 11.5 Å². The van der Waals surface area contributed by atoms with Gasteiger partial charge in [-0.15, -0.1) is 0 Å². The first kappa shape index (κ1) is 12.6. The van der Waals surface area contributed by atoms with Gasteiger partial charge >= 0.3 is 7.12 Å². The van der Waals surface area contributed by atoms with Crippen LogP contribution in [0.25, 0.3) is 5.65 Å². The molecule has 100 valence electrons. The average molecular weight is 262 g/mol. The van der Waals surface area contributed by atoms with Crippen molar-refractivity contribution < 1.29 is 13.7 Å². The lowest BCUT2D eigenvalue weighted by molar-refractivity contribution is 0.00578. The van der Waals surface area contributed by atoms with E-state index in [2.05, 4.69) is 4.98 Å². The van der Waals surface area contributed by atoms with E-state index in [0.717, 1.165) is 0 Å². The van der Waals surface area contributed by atoms with E-state index in [1.54, 1.807) is 23.0 Å². The first-order valence-corrected chi connectivity index (χ1v) is 6.28. The van der Waals surface area contributed by atoms with Crippen molar-refractivity contribution in [2.24, 2.45) is 0 Å². The molecule has 0 amide bonds. The molecule has 1 aliphatic rings. The maximum absolute atomic E-state index is 13.9. The second-order valence-electron chi connectivity index (χ2n) is 5.87. The summed E-state index contributed by atoms with van der Waals surface area (Å²) in [4.78, 5) is 3.95. The Morgan fingerprint density at radius 1 is 1.21 bits per heavy atom. The van der Waals surface area contributed by atoms with Crippen LogP contribution in [0.2, 0.25) is 0 Å². The highest BCUT2D eigenvalue weighted by molar-refractivity contribution is 6.62. The van der Waals surface area contributed by atoms with Crippen molar-refractivity contribution in [3.05, 3.63) is 30.5 Å². The Bertz CT molecular complexity index is 623. The third-order valence-corrected chi connectivity index (χ3v) is 3.99. The molecular weight excluding hydrogens is 246 g/mol. The summed E-state index contributed by atoms with van der Waals surface area (Å²) in [5.74, 6) is -0.378. The summed E-state index contributed by atoms with van der Waals surface area (Å²) in [6.45, 7) is 7.89. The zero-order chi connectivity index (χ0) is 13.8. The molecule has 0 atom stereocenters. The van der Waals surface area contributed by atoms with Gasteiger partial charge in [-0.2, -0.15) is 0 Å². The van der Waals surface area contributed by atoms with Gasteiger partial charge in [0.2, 0.25) is 0 Å². The summed E-state index contributed by atoms with van der Waals surface area (Å²) in [6, 6.07) is 1.42. The van der Waals surface area contributed by atoms with E-state index >= 15 is 0 Å². The zero-order valence-electron chi connectivity index (χ0n) is 11.5. The fourth-order valence-electron chi connectivity index (χ4n) is 2.12. The molecule has 4 nitrogen and oxygen atoms in total. The number of rotatable bonds is 1. The first-order valence-electron chi connectivity index (χ1n) is 6.28. The topological polar surface area (TPSA) is 35.8 Å². The molecule has 19 heavy (non-hydrogen) atoms. The number of fused-ring (bicyclic) bond motifs is 1. The molecule has 3 rings (SSSR count). The molecule has 2 aromatic rings. The minimum atomic E-state index is -0.564. The lowest BCUT2D eigenvalue weighted by Crippen LogP contribution is -2.41. The van der Waals surface area contributed by atoms with Gasteiger partial charge in [0.05, 0.1) is 11.2 Å². The molecule has 3 heterocycles. The number of imidazole rings is 1. The van der Waals surface area contributed by atoms with Crippen molar-refractivity contribution in [2.45, 2.75) is 38.9 Å². The maximum Gasteiger partial charge on any atom is 0.496 e. The Kier molecular flexibility index (Phi) is 2.53. The van der Waals surface area contributed by atoms with Crippen LogP contribution in [-0.2, 0) is 9.31 Å². The molecule has 0 bridgehead atoms. The van der Waals surface area contributed by atoms with Crippen LogP contribution in [0.1, 0.15) is 27.7 Å². The zero-order valence-corrected chi connectivity index (χ0v) is 11.5. The van der Waals surface area contributed by atoms with Crippen LogP contribution in [0.4, 0.5) is 4.39 Å². The van der Waals surface area contributed by atoms with E-state index < -0.39 is 18.3 Å². The quantitative estimate of drug-likeness (QED) is 0.735. The second kappa shape index (κ2) is 3.80. The number of aromatic nitrogens is 2. The monoisotopic (exact) mass is 262 g/mol. The first-order chi connectivity index (χ1) is 8.80. The van der Waals surface area contributed by atoms with Crippen LogP contribution < -0.4 is 5.46 Å². The fraction of sp³-hybridized carbons (Fsp3) is 0.462. The molecule has 0 saturated carbocycles. The van der Waals surface area contributed by atoms with E-state index in [-0.39, 0.29) is 5.82 Å². The van der Waals surface area contributed by atoms with E-state index in [9.17, 15) is 4.39 Å². The Hall–Kier alpha value is -1.40. The molecule has 0 spiro atoms. The van der Waals surface area contributed by atoms with Crippen LogP contribution >= 0.6 is 0 Å². The molecule has 1 fully saturated rings. The predicted molar refractivity (Wildman–Crippen MR) is 70.9 cm³/mol. The SMILES string of the molecule is CC1(C)OB(c2cc(F)c3nccn3c2)OC1(C)C. The second-order valence-corrected chi connectivity index (χ2v) is 5.87. The van der Waals surface area contributed by atoms with Crippen molar-refractivity contribution in [1.29, 1.82) is 0 Å². The summed E-state index contributed by atoms with van der Waals surface area (Å²) in [5.41, 5.74) is 0.0951. The molecule has 1 aliphatic heterocycles. The number of hydrogen-bond acceptors (Lipinski definition) is 3. The lowest BCUT2D eigenvalue weighted by Gasteiger charge is -2.32. The Labute approximate surface area is 111 Å². The number of nitrogens with zero attached hydrogens (tertiary/aromatic N) is 2. The van der Waals surface area contributed by atoms with Crippen LogP contribution in [-0.4, -0.2) is 27.7 Å². The Morgan fingerprint density at radius 2 is 1.84 bits per heavy atom. The summed E-state index contributed by atoms with van der Waals surface area (Å²) in [5, 5.41) is 0. The van der Waals surface area contributed by atoms with E-state index in [1.807, 2.05) is 27.7 Å². The highest BCUT2D eigenvalue weighted by atomic mass is 19.1. The lowest BCUT2D eigenvalue weighted by atomic mass is 9.80. The fourth-order valence-corrected chi connectivity index (χ4v) is 2.12. The van der Waals surface area contributed by atoms with Crippen molar-refractivity contribution in [2.75, 3.05) is 0 Å². The van der Waals surface area contributed by atoms with Gasteiger partial charge in [0.1, 0.15) is 0 Å². The molecule has 0 aliphatic carbocycles. The number of hydrogen-bond donors (Lipinski definition) is 0. The predicted octanol–water partition coefficient (Wildman–Crippen LogP) is 1.77.